The van der Waals surface area contributed by atoms with Crippen LogP contribution in [0, 0.1) is 5.92 Å². The van der Waals surface area contributed by atoms with E-state index in [1.807, 2.05) is 26.0 Å². The van der Waals surface area contributed by atoms with Crippen LogP contribution in [0.25, 0.3) is 11.1 Å². The molecule has 0 spiro atoms. The highest BCUT2D eigenvalue weighted by Crippen LogP contribution is 2.50. The van der Waals surface area contributed by atoms with E-state index in [0.717, 1.165) is 11.1 Å². The predicted molar refractivity (Wildman–Crippen MR) is 177 cm³/mol. The molecule has 0 saturated carbocycles. The normalized spacial score (nSPS) is 15.1. The monoisotopic (exact) mass is 640 g/mol. The second kappa shape index (κ2) is 15.7. The molecule has 3 atom stereocenters. The third kappa shape index (κ3) is 8.82. The van der Waals surface area contributed by atoms with E-state index in [1.54, 1.807) is 41.1 Å². The molecule has 1 aliphatic carbocycles. The molecule has 0 fully saturated rings. The second-order valence-electron chi connectivity index (χ2n) is 12.3. The minimum atomic E-state index is -0.737. The number of hydrogen-bond acceptors (Lipinski definition) is 9. The molecule has 3 amide bonds. The number of fused-ring (bicyclic) bond motifs is 3. The number of benzene rings is 1. The summed E-state index contributed by atoms with van der Waals surface area (Å²) in [4.78, 5) is 51.4. The van der Waals surface area contributed by atoms with E-state index in [2.05, 4.69) is 21.3 Å². The van der Waals surface area contributed by atoms with Crippen LogP contribution in [0.5, 0.6) is 17.2 Å². The van der Waals surface area contributed by atoms with E-state index in [0.29, 0.717) is 47.6 Å². The van der Waals surface area contributed by atoms with E-state index in [-0.39, 0.29) is 41.9 Å². The Morgan fingerprint density at radius 3 is 2.24 bits per heavy atom. The first-order valence-corrected chi connectivity index (χ1v) is 15.5. The number of carbonyl (C=O) groups excluding carboxylic acids is 3. The minimum Gasteiger partial charge on any atom is -0.493 e. The van der Waals surface area contributed by atoms with E-state index in [4.69, 9.17) is 18.9 Å². The Morgan fingerprint density at radius 1 is 0.978 bits per heavy atom. The zero-order valence-corrected chi connectivity index (χ0v) is 28.3. The molecule has 2 aromatic carbocycles. The third-order valence-corrected chi connectivity index (χ3v) is 7.81. The number of ether oxygens (including phenoxy) is 4. The molecule has 4 N–H and O–H groups in total. The maximum absolute atomic E-state index is 13.8. The molecule has 0 aliphatic heterocycles. The van der Waals surface area contributed by atoms with Gasteiger partial charge in [0.1, 0.15) is 11.6 Å². The Balaban J connectivity index is 2.02. The van der Waals surface area contributed by atoms with Crippen LogP contribution in [0.2, 0.25) is 0 Å². The summed E-state index contributed by atoms with van der Waals surface area (Å²) < 4.78 is 22.3. The van der Waals surface area contributed by atoms with Crippen molar-refractivity contribution < 1.29 is 33.3 Å². The van der Waals surface area contributed by atoms with Crippen LogP contribution in [-0.2, 0) is 20.7 Å². The van der Waals surface area contributed by atoms with Gasteiger partial charge in [0, 0.05) is 25.6 Å². The van der Waals surface area contributed by atoms with Gasteiger partial charge in [0.15, 0.2) is 11.5 Å². The third-order valence-electron chi connectivity index (χ3n) is 7.81. The van der Waals surface area contributed by atoms with Gasteiger partial charge in [0.2, 0.25) is 23.0 Å². The molecule has 3 rings (SSSR count). The number of rotatable bonds is 12. The summed E-state index contributed by atoms with van der Waals surface area (Å²) in [5, 5.41) is 11.7. The van der Waals surface area contributed by atoms with Crippen molar-refractivity contribution in [3.8, 4) is 28.4 Å². The number of anilines is 1. The fourth-order valence-corrected chi connectivity index (χ4v) is 5.47. The SMILES string of the molecule is CC[C@@H](C)[C@H](Nc1ccc2c(cc1=O)[C@@H](NC(C)=O)CCc1cc(OC)c(OC)c(OC)c1-2)C(=O)NCCNC(=O)OC(C)(C)C. The Kier molecular flexibility index (Phi) is 12.3. The smallest absolute Gasteiger partial charge is 0.407 e. The summed E-state index contributed by atoms with van der Waals surface area (Å²) in [6.07, 6.45) is 1.20. The van der Waals surface area contributed by atoms with E-state index >= 15 is 0 Å². The lowest BCUT2D eigenvalue weighted by Gasteiger charge is -2.24. The van der Waals surface area contributed by atoms with Gasteiger partial charge in [-0.3, -0.25) is 14.4 Å². The topological polar surface area (TPSA) is 153 Å². The molecule has 46 heavy (non-hydrogen) atoms. The van der Waals surface area contributed by atoms with Crippen molar-refractivity contribution in [1.29, 1.82) is 0 Å². The molecule has 12 nitrogen and oxygen atoms in total. The van der Waals surface area contributed by atoms with Crippen molar-refractivity contribution >= 4 is 23.6 Å². The van der Waals surface area contributed by atoms with Crippen molar-refractivity contribution in [2.45, 2.75) is 78.5 Å². The average Bonchev–Trinajstić information content (AvgIpc) is 3.23. The van der Waals surface area contributed by atoms with Gasteiger partial charge in [0.05, 0.1) is 33.1 Å². The lowest BCUT2D eigenvalue weighted by Crippen LogP contribution is -2.46. The number of alkyl carbamates (subject to hydrolysis) is 1. The van der Waals surface area contributed by atoms with Crippen LogP contribution >= 0.6 is 0 Å². The average molecular weight is 641 g/mol. The quantitative estimate of drug-likeness (QED) is 0.248. The molecule has 0 radical (unpaired) electrons. The van der Waals surface area contributed by atoms with Gasteiger partial charge in [-0.2, -0.15) is 0 Å². The van der Waals surface area contributed by atoms with Gasteiger partial charge < -0.3 is 40.2 Å². The first-order chi connectivity index (χ1) is 21.7. The molecule has 0 bridgehead atoms. The molecule has 0 saturated heterocycles. The van der Waals surface area contributed by atoms with E-state index < -0.39 is 23.8 Å². The first kappa shape index (κ1) is 36.0. The minimum absolute atomic E-state index is 0.133. The van der Waals surface area contributed by atoms with Crippen LogP contribution in [0.1, 0.15) is 71.6 Å². The summed E-state index contributed by atoms with van der Waals surface area (Å²) in [6, 6.07) is 5.67. The summed E-state index contributed by atoms with van der Waals surface area (Å²) >= 11 is 0. The number of aryl methyl sites for hydroxylation is 1. The van der Waals surface area contributed by atoms with Crippen molar-refractivity contribution in [1.82, 2.24) is 16.0 Å². The fourth-order valence-electron chi connectivity index (χ4n) is 5.47. The molecular formula is C34H48N4O8. The summed E-state index contributed by atoms with van der Waals surface area (Å²) in [5.74, 6) is 0.699. The zero-order valence-electron chi connectivity index (χ0n) is 28.3. The van der Waals surface area contributed by atoms with Crippen LogP contribution in [0.15, 0.2) is 29.1 Å². The van der Waals surface area contributed by atoms with Crippen molar-refractivity contribution in [3.63, 3.8) is 0 Å². The Labute approximate surface area is 270 Å². The zero-order chi connectivity index (χ0) is 34.2. The van der Waals surface area contributed by atoms with Gasteiger partial charge in [-0.1, -0.05) is 26.3 Å². The van der Waals surface area contributed by atoms with Gasteiger partial charge in [-0.15, -0.1) is 0 Å². The molecule has 1 aliphatic rings. The van der Waals surface area contributed by atoms with Crippen LogP contribution < -0.4 is 40.9 Å². The predicted octanol–water partition coefficient (Wildman–Crippen LogP) is 4.33. The highest BCUT2D eigenvalue weighted by Gasteiger charge is 2.30. The number of hydrogen-bond donors (Lipinski definition) is 4. The molecular weight excluding hydrogens is 592 g/mol. The van der Waals surface area contributed by atoms with Crippen LogP contribution in [0.3, 0.4) is 0 Å². The van der Waals surface area contributed by atoms with Crippen molar-refractivity contribution in [2.24, 2.45) is 5.92 Å². The highest BCUT2D eigenvalue weighted by atomic mass is 16.6. The molecule has 0 unspecified atom stereocenters. The van der Waals surface area contributed by atoms with E-state index in [9.17, 15) is 19.2 Å². The molecule has 12 heteroatoms. The van der Waals surface area contributed by atoms with Gasteiger partial charge in [0.25, 0.3) is 0 Å². The molecule has 2 aromatic rings. The van der Waals surface area contributed by atoms with Crippen molar-refractivity contribution in [2.75, 3.05) is 39.7 Å². The number of amides is 3. The van der Waals surface area contributed by atoms with Crippen LogP contribution in [0.4, 0.5) is 10.5 Å². The summed E-state index contributed by atoms with van der Waals surface area (Å²) in [5.41, 5.74) is 2.21. The molecule has 0 heterocycles. The summed E-state index contributed by atoms with van der Waals surface area (Å²) in [6.45, 7) is 11.0. The Morgan fingerprint density at radius 2 is 1.65 bits per heavy atom. The van der Waals surface area contributed by atoms with Gasteiger partial charge in [-0.05, 0) is 74.4 Å². The highest BCUT2D eigenvalue weighted by molar-refractivity contribution is 5.86. The van der Waals surface area contributed by atoms with Crippen LogP contribution in [-0.4, -0.2) is 64.0 Å². The Bertz CT molecular complexity index is 1490. The maximum atomic E-state index is 13.8. The van der Waals surface area contributed by atoms with Gasteiger partial charge in [-0.25, -0.2) is 4.79 Å². The second-order valence-corrected chi connectivity index (χ2v) is 12.3. The standard InChI is InChI=1S/C34H48N4O8/c1-10-19(2)29(32(41)35-15-16-36-33(42)46-34(4,5)6)38-25-14-12-22-23(18-26(25)40)24(37-20(3)39)13-11-21-17-27(43-7)30(44-8)31(45-9)28(21)22/h12,14,17-19,24,29H,10-11,13,15-16H2,1-9H3,(H,35,41)(H,36,42)(H,37,39)(H,38,40)/t19-,24+,29+/m1/s1. The number of nitrogens with one attached hydrogen (secondary N) is 4. The number of carbonyl (C=O) groups is 3. The first-order valence-electron chi connectivity index (χ1n) is 15.5. The lowest BCUT2D eigenvalue weighted by atomic mass is 9.95. The Hall–Kier alpha value is -4.48. The lowest BCUT2D eigenvalue weighted by molar-refractivity contribution is -0.123. The largest absolute Gasteiger partial charge is 0.493 e. The fraction of sp³-hybridized carbons (Fsp3) is 0.529. The molecule has 0 aromatic heterocycles. The van der Waals surface area contributed by atoms with E-state index in [1.165, 1.54) is 20.1 Å². The molecule has 252 valence electrons. The maximum Gasteiger partial charge on any atom is 0.407 e. The van der Waals surface area contributed by atoms with Gasteiger partial charge >= 0.3 is 6.09 Å². The number of methoxy groups -OCH3 is 3. The summed E-state index contributed by atoms with van der Waals surface area (Å²) in [7, 11) is 4.62. The van der Waals surface area contributed by atoms with Crippen molar-refractivity contribution in [3.05, 3.63) is 45.6 Å².